The Kier molecular flexibility index (Phi) is 8.25. The maximum atomic E-state index is 13.8. The fraction of sp³-hybridized carbons (Fsp3) is 0.227. The van der Waals surface area contributed by atoms with Crippen LogP contribution < -0.4 is 10.1 Å². The lowest BCUT2D eigenvalue weighted by Crippen LogP contribution is -2.29. The predicted molar refractivity (Wildman–Crippen MR) is 134 cm³/mol. The second-order valence-electron chi connectivity index (χ2n) is 8.16. The number of likely N-dealkylation sites (N-methyl/N-ethyl adjacent to an activating group) is 1. The Balaban J connectivity index is 1.66. The zero-order valence-corrected chi connectivity index (χ0v) is 22.7. The number of fused-ring (bicyclic) bond motifs is 1. The quantitative estimate of drug-likeness (QED) is 0.259. The van der Waals surface area contributed by atoms with Crippen molar-refractivity contribution in [1.82, 2.24) is 18.9 Å². The van der Waals surface area contributed by atoms with Crippen molar-refractivity contribution in [2.75, 3.05) is 25.5 Å². The number of anilines is 1. The van der Waals surface area contributed by atoms with E-state index in [0.717, 1.165) is 28.7 Å². The second-order valence-corrected chi connectivity index (χ2v) is 12.1. The summed E-state index contributed by atoms with van der Waals surface area (Å²) in [6.07, 6.45) is -10.2. The van der Waals surface area contributed by atoms with E-state index in [1.807, 2.05) is 0 Å². The summed E-state index contributed by atoms with van der Waals surface area (Å²) in [6.45, 7) is -0.657. The van der Waals surface area contributed by atoms with Crippen molar-refractivity contribution in [2.24, 2.45) is 0 Å². The summed E-state index contributed by atoms with van der Waals surface area (Å²) < 4.78 is 111. The molecule has 0 fully saturated rings. The number of alkyl halides is 6. The maximum Gasteiger partial charge on any atom is 0.433 e. The van der Waals surface area contributed by atoms with Crippen molar-refractivity contribution >= 4 is 50.4 Å². The molecule has 1 aromatic carbocycles. The summed E-state index contributed by atoms with van der Waals surface area (Å²) in [5.41, 5.74) is -3.62. The van der Waals surface area contributed by atoms with Gasteiger partial charge in [-0.1, -0.05) is 23.7 Å². The molecule has 10 nitrogen and oxygen atoms in total. The molecule has 0 saturated heterocycles. The highest BCUT2D eigenvalue weighted by atomic mass is 35.5. The SMILES string of the molecule is CN(CCO)S(=O)(=O)c1cc(NC(=O)Oc2cnn3c(C(F)(F)F)cc(-c4ccc(C(F)(F)F)cc4)nc23)c(Cl)s1. The topological polar surface area (TPSA) is 126 Å². The van der Waals surface area contributed by atoms with Crippen molar-refractivity contribution in [2.45, 2.75) is 16.6 Å². The maximum absolute atomic E-state index is 13.8. The first-order valence-electron chi connectivity index (χ1n) is 11.0. The average Bonchev–Trinajstić information content (AvgIpc) is 3.46. The zero-order chi connectivity index (χ0) is 30.3. The number of ether oxygens (including phenoxy) is 1. The van der Waals surface area contributed by atoms with Gasteiger partial charge in [0.1, 0.15) is 8.55 Å². The third-order valence-corrected chi connectivity index (χ3v) is 9.09. The van der Waals surface area contributed by atoms with Crippen molar-refractivity contribution in [3.63, 3.8) is 0 Å². The van der Waals surface area contributed by atoms with E-state index in [0.29, 0.717) is 34.1 Å². The second kappa shape index (κ2) is 11.1. The minimum absolute atomic E-state index is 0.0902. The number of sulfonamides is 1. The van der Waals surface area contributed by atoms with Crippen molar-refractivity contribution in [1.29, 1.82) is 0 Å². The highest BCUT2D eigenvalue weighted by molar-refractivity contribution is 7.91. The van der Waals surface area contributed by atoms with Gasteiger partial charge in [0, 0.05) is 19.2 Å². The van der Waals surface area contributed by atoms with Crippen LogP contribution in [0.25, 0.3) is 16.9 Å². The van der Waals surface area contributed by atoms with Crippen LogP contribution in [-0.4, -0.2) is 58.7 Å². The number of halogens is 7. The molecule has 0 aliphatic heterocycles. The number of hydrogen-bond acceptors (Lipinski definition) is 8. The number of carbonyl (C=O) groups excluding carboxylic acids is 1. The number of carbonyl (C=O) groups is 1. The molecule has 0 aliphatic carbocycles. The number of nitrogens with one attached hydrogen (secondary N) is 1. The third-order valence-electron chi connectivity index (χ3n) is 5.42. The molecule has 0 atom stereocenters. The molecule has 3 aromatic heterocycles. The summed E-state index contributed by atoms with van der Waals surface area (Å²) in [5.74, 6) is -0.552. The molecule has 0 aliphatic rings. The lowest BCUT2D eigenvalue weighted by molar-refractivity contribution is -0.142. The Morgan fingerprint density at radius 3 is 2.39 bits per heavy atom. The van der Waals surface area contributed by atoms with E-state index in [2.05, 4.69) is 15.4 Å². The van der Waals surface area contributed by atoms with Crippen LogP contribution in [0.15, 0.2) is 46.8 Å². The van der Waals surface area contributed by atoms with Crippen LogP contribution in [0.3, 0.4) is 0 Å². The fourth-order valence-corrected chi connectivity index (χ4v) is 6.41. The van der Waals surface area contributed by atoms with Crippen LogP contribution in [0, 0.1) is 0 Å². The minimum Gasteiger partial charge on any atom is -0.404 e. The number of rotatable bonds is 7. The predicted octanol–water partition coefficient (Wildman–Crippen LogP) is 5.37. The van der Waals surface area contributed by atoms with Crippen molar-refractivity contribution in [3.05, 3.63) is 58.2 Å². The van der Waals surface area contributed by atoms with Crippen LogP contribution in [0.1, 0.15) is 11.3 Å². The first-order chi connectivity index (χ1) is 19.0. The van der Waals surface area contributed by atoms with Gasteiger partial charge in [-0.2, -0.15) is 35.7 Å². The molecule has 0 unspecified atom stereocenters. The lowest BCUT2D eigenvalue weighted by atomic mass is 10.1. The van der Waals surface area contributed by atoms with Gasteiger partial charge in [0.2, 0.25) is 0 Å². The molecule has 0 saturated carbocycles. The molecule has 3 heterocycles. The molecule has 2 N–H and O–H groups in total. The van der Waals surface area contributed by atoms with Crippen LogP contribution in [0.5, 0.6) is 5.75 Å². The Morgan fingerprint density at radius 2 is 1.80 bits per heavy atom. The Morgan fingerprint density at radius 1 is 1.15 bits per heavy atom. The van der Waals surface area contributed by atoms with E-state index < -0.39 is 57.7 Å². The van der Waals surface area contributed by atoms with Gasteiger partial charge >= 0.3 is 18.4 Å². The van der Waals surface area contributed by atoms with Crippen LogP contribution in [-0.2, 0) is 22.4 Å². The van der Waals surface area contributed by atoms with Crippen molar-refractivity contribution < 1.29 is 49.4 Å². The number of thiophene rings is 1. The molecule has 220 valence electrons. The van der Waals surface area contributed by atoms with Crippen LogP contribution in [0.2, 0.25) is 4.34 Å². The van der Waals surface area contributed by atoms with Crippen LogP contribution in [0.4, 0.5) is 36.8 Å². The monoisotopic (exact) mass is 643 g/mol. The number of nitrogens with zero attached hydrogens (tertiary/aromatic N) is 4. The first kappa shape index (κ1) is 30.5. The number of benzene rings is 1. The number of aliphatic hydroxyl groups excluding tert-OH is 1. The van der Waals surface area contributed by atoms with Gasteiger partial charge in [-0.3, -0.25) is 5.32 Å². The molecule has 4 aromatic rings. The highest BCUT2D eigenvalue weighted by Gasteiger charge is 2.36. The van der Waals surface area contributed by atoms with Gasteiger partial charge in [0.05, 0.1) is 29.7 Å². The molecule has 1 amide bonds. The largest absolute Gasteiger partial charge is 0.433 e. The normalized spacial score (nSPS) is 12.7. The summed E-state index contributed by atoms with van der Waals surface area (Å²) >= 11 is 6.64. The van der Waals surface area contributed by atoms with E-state index in [-0.39, 0.29) is 32.0 Å². The zero-order valence-electron chi connectivity index (χ0n) is 20.3. The molecule has 0 radical (unpaired) electrons. The molecular weight excluding hydrogens is 628 g/mol. The van der Waals surface area contributed by atoms with Gasteiger partial charge in [-0.15, -0.1) is 11.3 Å². The summed E-state index contributed by atoms with van der Waals surface area (Å²) in [4.78, 5) is 16.6. The Labute approximate surface area is 235 Å². The molecule has 19 heteroatoms. The third kappa shape index (κ3) is 6.40. The van der Waals surface area contributed by atoms with E-state index in [4.69, 9.17) is 21.4 Å². The average molecular weight is 644 g/mol. The van der Waals surface area contributed by atoms with E-state index in [1.165, 1.54) is 7.05 Å². The molecular formula is C22H16ClF6N5O5S2. The van der Waals surface area contributed by atoms with Gasteiger partial charge in [0.25, 0.3) is 10.0 Å². The molecule has 0 spiro atoms. The summed E-state index contributed by atoms with van der Waals surface area (Å²) in [7, 11) is -2.84. The number of aliphatic hydroxyl groups is 1. The fourth-order valence-electron chi connectivity index (χ4n) is 3.40. The highest BCUT2D eigenvalue weighted by Crippen LogP contribution is 2.37. The van der Waals surface area contributed by atoms with Gasteiger partial charge in [0.15, 0.2) is 17.1 Å². The first-order valence-corrected chi connectivity index (χ1v) is 13.6. The van der Waals surface area contributed by atoms with E-state index in [1.54, 1.807) is 0 Å². The molecule has 41 heavy (non-hydrogen) atoms. The lowest BCUT2D eigenvalue weighted by Gasteiger charge is -2.13. The number of aromatic nitrogens is 3. The number of hydrogen-bond donors (Lipinski definition) is 2. The van der Waals surface area contributed by atoms with Crippen LogP contribution >= 0.6 is 22.9 Å². The van der Waals surface area contributed by atoms with Crippen molar-refractivity contribution in [3.8, 4) is 17.0 Å². The van der Waals surface area contributed by atoms with E-state index in [9.17, 15) is 39.6 Å². The Bertz CT molecular complexity index is 1700. The summed E-state index contributed by atoms with van der Waals surface area (Å²) in [6, 6.07) is 4.83. The number of amides is 1. The van der Waals surface area contributed by atoms with Gasteiger partial charge < -0.3 is 9.84 Å². The van der Waals surface area contributed by atoms with E-state index >= 15 is 0 Å². The van der Waals surface area contributed by atoms with Gasteiger partial charge in [-0.05, 0) is 24.3 Å². The standard InChI is InChI=1S/C22H16ClF6N5O5S2/c1-33(6-7-35)41(37,38)17-9-14(18(23)40-17)32-20(36)39-15-10-30-34-16(22(27,28)29)8-13(31-19(15)34)11-2-4-12(5-3-11)21(24,25)26/h2-5,8-10,35H,6-7H2,1H3,(H,32,36). The molecule has 0 bridgehead atoms. The summed E-state index contributed by atoms with van der Waals surface area (Å²) in [5, 5.41) is 14.7. The minimum atomic E-state index is -4.98. The van der Waals surface area contributed by atoms with Gasteiger partial charge in [-0.25, -0.2) is 22.7 Å². The smallest absolute Gasteiger partial charge is 0.404 e. The Hall–Kier alpha value is -3.45. The molecule has 4 rings (SSSR count).